The Balaban J connectivity index is 2.25. The summed E-state index contributed by atoms with van der Waals surface area (Å²) in [4.78, 5) is 12.1. The molecule has 0 aromatic heterocycles. The molecule has 4 heteroatoms. The van der Waals surface area contributed by atoms with E-state index in [9.17, 15) is 4.79 Å². The molecule has 0 atom stereocenters. The maximum Gasteiger partial charge on any atom is 0.230 e. The minimum absolute atomic E-state index is 0.0262. The number of amides is 1. The Hall–Kier alpha value is -0.730. The van der Waals surface area contributed by atoms with Crippen LogP contribution in [0.2, 0.25) is 10.0 Å². The van der Waals surface area contributed by atoms with E-state index >= 15 is 0 Å². The maximum absolute atomic E-state index is 12.1. The lowest BCUT2D eigenvalue weighted by Crippen LogP contribution is -2.41. The van der Waals surface area contributed by atoms with Crippen LogP contribution < -0.4 is 5.32 Å². The third-order valence-corrected chi connectivity index (χ3v) is 3.50. The molecule has 0 bridgehead atoms. The minimum atomic E-state index is -0.614. The number of nitrogens with one attached hydrogen (secondary N) is 1. The first-order valence-electron chi connectivity index (χ1n) is 5.67. The van der Waals surface area contributed by atoms with Crippen LogP contribution in [-0.2, 0) is 10.2 Å². The molecule has 2 rings (SSSR count). The van der Waals surface area contributed by atoms with E-state index < -0.39 is 5.41 Å². The zero-order valence-electron chi connectivity index (χ0n) is 9.89. The van der Waals surface area contributed by atoms with Gasteiger partial charge in [0.15, 0.2) is 0 Å². The molecule has 92 valence electrons. The fourth-order valence-corrected chi connectivity index (χ4v) is 2.17. The van der Waals surface area contributed by atoms with Gasteiger partial charge >= 0.3 is 0 Å². The number of hydrogen-bond donors (Lipinski definition) is 1. The lowest BCUT2D eigenvalue weighted by Gasteiger charge is -2.24. The Morgan fingerprint density at radius 2 is 1.76 bits per heavy atom. The summed E-state index contributed by atoms with van der Waals surface area (Å²) in [5.41, 5.74) is 0.227. The van der Waals surface area contributed by atoms with E-state index in [2.05, 4.69) is 5.32 Å². The van der Waals surface area contributed by atoms with Crippen LogP contribution in [0, 0.1) is 0 Å². The van der Waals surface area contributed by atoms with Gasteiger partial charge in [0.2, 0.25) is 5.91 Å². The number of carbonyl (C=O) groups is 1. The molecule has 0 radical (unpaired) electrons. The Morgan fingerprint density at radius 1 is 1.24 bits per heavy atom. The van der Waals surface area contributed by atoms with E-state index in [4.69, 9.17) is 23.2 Å². The summed E-state index contributed by atoms with van der Waals surface area (Å²) < 4.78 is 0. The van der Waals surface area contributed by atoms with E-state index in [1.807, 2.05) is 13.8 Å². The second-order valence-corrected chi connectivity index (χ2v) is 5.90. The second-order valence-electron chi connectivity index (χ2n) is 5.03. The number of halogens is 2. The Kier molecular flexibility index (Phi) is 3.37. The molecule has 0 spiro atoms. The molecule has 0 heterocycles. The molecule has 17 heavy (non-hydrogen) atoms. The highest BCUT2D eigenvalue weighted by Crippen LogP contribution is 2.30. The van der Waals surface area contributed by atoms with Gasteiger partial charge in [-0.1, -0.05) is 23.2 Å². The Bertz CT molecular complexity index is 432. The van der Waals surface area contributed by atoms with E-state index in [0.717, 1.165) is 18.4 Å². The largest absolute Gasteiger partial charge is 0.353 e. The number of carbonyl (C=O) groups excluding carboxylic acids is 1. The quantitative estimate of drug-likeness (QED) is 0.895. The second kappa shape index (κ2) is 4.51. The first-order chi connectivity index (χ1) is 7.89. The highest BCUT2D eigenvalue weighted by molar-refractivity contribution is 6.34. The zero-order valence-corrected chi connectivity index (χ0v) is 11.4. The van der Waals surface area contributed by atoms with Crippen LogP contribution in [0.15, 0.2) is 18.2 Å². The van der Waals surface area contributed by atoms with Crippen molar-refractivity contribution in [2.24, 2.45) is 0 Å². The average Bonchev–Trinajstić information content (AvgIpc) is 3.00. The number of hydrogen-bond acceptors (Lipinski definition) is 1. The van der Waals surface area contributed by atoms with Crippen LogP contribution in [0.25, 0.3) is 0 Å². The summed E-state index contributed by atoms with van der Waals surface area (Å²) in [5, 5.41) is 4.12. The fourth-order valence-electron chi connectivity index (χ4n) is 1.64. The van der Waals surface area contributed by atoms with Crippen LogP contribution in [0.1, 0.15) is 32.3 Å². The monoisotopic (exact) mass is 271 g/mol. The van der Waals surface area contributed by atoms with Crippen molar-refractivity contribution in [3.63, 3.8) is 0 Å². The van der Waals surface area contributed by atoms with Crippen LogP contribution in [0.3, 0.4) is 0 Å². The highest BCUT2D eigenvalue weighted by atomic mass is 35.5. The van der Waals surface area contributed by atoms with Crippen molar-refractivity contribution in [1.82, 2.24) is 5.32 Å². The van der Waals surface area contributed by atoms with Crippen molar-refractivity contribution in [2.75, 3.05) is 0 Å². The van der Waals surface area contributed by atoms with Crippen LogP contribution in [0.5, 0.6) is 0 Å². The van der Waals surface area contributed by atoms with Crippen LogP contribution >= 0.6 is 23.2 Å². The van der Waals surface area contributed by atoms with Crippen LogP contribution in [0.4, 0.5) is 0 Å². The van der Waals surface area contributed by atoms with Gasteiger partial charge in [-0.3, -0.25) is 4.79 Å². The summed E-state index contributed by atoms with van der Waals surface area (Å²) in [6.07, 6.45) is 2.16. The molecule has 1 fully saturated rings. The van der Waals surface area contributed by atoms with Crippen molar-refractivity contribution >= 4 is 29.1 Å². The normalized spacial score (nSPS) is 15.8. The Labute approximate surface area is 111 Å². The summed E-state index contributed by atoms with van der Waals surface area (Å²) in [7, 11) is 0. The molecule has 0 unspecified atom stereocenters. The summed E-state index contributed by atoms with van der Waals surface area (Å²) in [6, 6.07) is 5.61. The lowest BCUT2D eigenvalue weighted by atomic mass is 9.83. The van der Waals surface area contributed by atoms with Gasteiger partial charge in [0.25, 0.3) is 0 Å². The van der Waals surface area contributed by atoms with Crippen LogP contribution in [-0.4, -0.2) is 11.9 Å². The molecule has 0 saturated heterocycles. The van der Waals surface area contributed by atoms with Gasteiger partial charge < -0.3 is 5.32 Å². The third kappa shape index (κ3) is 2.93. The van der Waals surface area contributed by atoms with Crippen molar-refractivity contribution in [1.29, 1.82) is 0 Å². The van der Waals surface area contributed by atoms with Gasteiger partial charge in [-0.25, -0.2) is 0 Å². The molecule has 1 amide bonds. The number of rotatable bonds is 3. The summed E-state index contributed by atoms with van der Waals surface area (Å²) in [6.45, 7) is 3.76. The predicted molar refractivity (Wildman–Crippen MR) is 70.7 cm³/mol. The van der Waals surface area contributed by atoms with Gasteiger partial charge in [-0.2, -0.15) is 0 Å². The average molecular weight is 272 g/mol. The van der Waals surface area contributed by atoms with Crippen molar-refractivity contribution < 1.29 is 4.79 Å². The van der Waals surface area contributed by atoms with Crippen molar-refractivity contribution in [3.05, 3.63) is 33.8 Å². The molecule has 2 nitrogen and oxygen atoms in total. The maximum atomic E-state index is 12.1. The first kappa shape index (κ1) is 12.7. The predicted octanol–water partition coefficient (Wildman–Crippen LogP) is 3.55. The standard InChI is InChI=1S/C13H15Cl2NO/c1-13(2,12(17)16-11-3-4-11)8-5-9(14)7-10(15)6-8/h5-7,11H,3-4H2,1-2H3,(H,16,17). The molecule has 1 saturated carbocycles. The summed E-state index contributed by atoms with van der Waals surface area (Å²) >= 11 is 11.9. The third-order valence-electron chi connectivity index (χ3n) is 3.06. The highest BCUT2D eigenvalue weighted by Gasteiger charge is 2.34. The summed E-state index contributed by atoms with van der Waals surface area (Å²) in [5.74, 6) is 0.0262. The smallest absolute Gasteiger partial charge is 0.230 e. The van der Waals surface area contributed by atoms with Gasteiger partial charge in [0.05, 0.1) is 5.41 Å². The molecule has 1 aromatic carbocycles. The molecule has 0 aliphatic heterocycles. The van der Waals surface area contributed by atoms with Gasteiger partial charge in [0, 0.05) is 16.1 Å². The van der Waals surface area contributed by atoms with Gasteiger partial charge in [0.1, 0.15) is 0 Å². The van der Waals surface area contributed by atoms with Gasteiger partial charge in [-0.05, 0) is 50.5 Å². The van der Waals surface area contributed by atoms with E-state index in [1.165, 1.54) is 0 Å². The molecule has 1 N–H and O–H groups in total. The van der Waals surface area contributed by atoms with E-state index in [-0.39, 0.29) is 5.91 Å². The zero-order chi connectivity index (χ0) is 12.6. The van der Waals surface area contributed by atoms with E-state index in [0.29, 0.717) is 16.1 Å². The van der Waals surface area contributed by atoms with E-state index in [1.54, 1.807) is 18.2 Å². The van der Waals surface area contributed by atoms with Crippen molar-refractivity contribution in [2.45, 2.75) is 38.1 Å². The Morgan fingerprint density at radius 3 is 2.24 bits per heavy atom. The topological polar surface area (TPSA) is 29.1 Å². The van der Waals surface area contributed by atoms with Gasteiger partial charge in [-0.15, -0.1) is 0 Å². The first-order valence-corrected chi connectivity index (χ1v) is 6.43. The number of benzene rings is 1. The minimum Gasteiger partial charge on any atom is -0.353 e. The molecular formula is C13H15Cl2NO. The lowest BCUT2D eigenvalue weighted by molar-refractivity contribution is -0.125. The SMILES string of the molecule is CC(C)(C(=O)NC1CC1)c1cc(Cl)cc(Cl)c1. The fraction of sp³-hybridized carbons (Fsp3) is 0.462. The van der Waals surface area contributed by atoms with Crippen molar-refractivity contribution in [3.8, 4) is 0 Å². The molecular weight excluding hydrogens is 257 g/mol. The molecule has 1 aliphatic rings. The molecule has 1 aliphatic carbocycles. The molecule has 1 aromatic rings.